The van der Waals surface area contributed by atoms with Crippen LogP contribution in [0, 0.1) is 0 Å². The van der Waals surface area contributed by atoms with E-state index in [0.29, 0.717) is 6.10 Å². The van der Waals surface area contributed by atoms with Gasteiger partial charge in [0.25, 0.3) is 0 Å². The van der Waals surface area contributed by atoms with Crippen molar-refractivity contribution in [3.8, 4) is 0 Å². The number of nitrogens with zero attached hydrogens (tertiary/aromatic N) is 1. The first-order valence-electron chi connectivity index (χ1n) is 7.27. The van der Waals surface area contributed by atoms with Gasteiger partial charge in [0.05, 0.1) is 12.1 Å². The summed E-state index contributed by atoms with van der Waals surface area (Å²) < 4.78 is 5.51. The van der Waals surface area contributed by atoms with Crippen molar-refractivity contribution in [1.82, 2.24) is 10.6 Å². The summed E-state index contributed by atoms with van der Waals surface area (Å²) in [7, 11) is 1.79. The van der Waals surface area contributed by atoms with E-state index in [1.54, 1.807) is 7.05 Å². The summed E-state index contributed by atoms with van der Waals surface area (Å²) in [6, 6.07) is 10.6. The lowest BCUT2D eigenvalue weighted by molar-refractivity contribution is 0.0776. The van der Waals surface area contributed by atoms with Gasteiger partial charge in [0, 0.05) is 20.2 Å². The number of ether oxygens (including phenoxy) is 1. The average molecular weight is 405 g/mol. The SMILES string of the molecule is CN=C(NCCCOC(C)C)NC(C)c1ccccc1.I. The third-order valence-corrected chi connectivity index (χ3v) is 2.94. The highest BCUT2D eigenvalue weighted by atomic mass is 127. The maximum absolute atomic E-state index is 5.51. The summed E-state index contributed by atoms with van der Waals surface area (Å²) >= 11 is 0. The first-order chi connectivity index (χ1) is 9.63. The van der Waals surface area contributed by atoms with Gasteiger partial charge < -0.3 is 15.4 Å². The van der Waals surface area contributed by atoms with Gasteiger partial charge in [0.2, 0.25) is 0 Å². The highest BCUT2D eigenvalue weighted by molar-refractivity contribution is 14.0. The summed E-state index contributed by atoms with van der Waals surface area (Å²) in [6.07, 6.45) is 1.27. The van der Waals surface area contributed by atoms with Crippen molar-refractivity contribution >= 4 is 29.9 Å². The van der Waals surface area contributed by atoms with Crippen LogP contribution in [0.25, 0.3) is 0 Å². The molecule has 1 aromatic rings. The zero-order valence-corrected chi connectivity index (χ0v) is 15.8. The molecule has 5 heteroatoms. The molecule has 1 aromatic carbocycles. The normalized spacial score (nSPS) is 12.7. The van der Waals surface area contributed by atoms with Crippen LogP contribution in [0.5, 0.6) is 0 Å². The molecule has 0 bridgehead atoms. The Bertz CT molecular complexity index is 396. The van der Waals surface area contributed by atoms with Gasteiger partial charge in [-0.1, -0.05) is 30.3 Å². The van der Waals surface area contributed by atoms with Crippen molar-refractivity contribution in [3.05, 3.63) is 35.9 Å². The van der Waals surface area contributed by atoms with Crippen molar-refractivity contribution in [2.75, 3.05) is 20.2 Å². The van der Waals surface area contributed by atoms with Gasteiger partial charge in [0.1, 0.15) is 0 Å². The minimum atomic E-state index is 0. The molecule has 2 N–H and O–H groups in total. The smallest absolute Gasteiger partial charge is 0.191 e. The van der Waals surface area contributed by atoms with Crippen LogP contribution in [0.15, 0.2) is 35.3 Å². The Kier molecular flexibility index (Phi) is 11.3. The highest BCUT2D eigenvalue weighted by Crippen LogP contribution is 2.10. The van der Waals surface area contributed by atoms with Crippen LogP contribution in [-0.2, 0) is 4.74 Å². The van der Waals surface area contributed by atoms with Crippen LogP contribution in [0.2, 0.25) is 0 Å². The van der Waals surface area contributed by atoms with Gasteiger partial charge in [-0.3, -0.25) is 4.99 Å². The fraction of sp³-hybridized carbons (Fsp3) is 0.562. The molecule has 120 valence electrons. The van der Waals surface area contributed by atoms with Crippen molar-refractivity contribution in [1.29, 1.82) is 0 Å². The molecule has 0 saturated heterocycles. The second kappa shape index (κ2) is 11.8. The second-order valence-corrected chi connectivity index (χ2v) is 5.05. The van der Waals surface area contributed by atoms with Gasteiger partial charge in [-0.25, -0.2) is 0 Å². The van der Waals surface area contributed by atoms with Crippen LogP contribution in [0.4, 0.5) is 0 Å². The molecule has 0 amide bonds. The number of rotatable bonds is 7. The Labute approximate surface area is 145 Å². The van der Waals surface area contributed by atoms with Crippen LogP contribution in [0.1, 0.15) is 38.8 Å². The molecule has 0 aromatic heterocycles. The number of aliphatic imine (C=N–C) groups is 1. The zero-order chi connectivity index (χ0) is 14.8. The highest BCUT2D eigenvalue weighted by Gasteiger charge is 2.06. The van der Waals surface area contributed by atoms with E-state index in [0.717, 1.165) is 25.5 Å². The lowest BCUT2D eigenvalue weighted by Crippen LogP contribution is -2.39. The van der Waals surface area contributed by atoms with E-state index in [2.05, 4.69) is 48.5 Å². The van der Waals surface area contributed by atoms with E-state index in [9.17, 15) is 0 Å². The quantitative estimate of drug-likeness (QED) is 0.317. The van der Waals surface area contributed by atoms with Crippen LogP contribution in [-0.4, -0.2) is 32.3 Å². The predicted molar refractivity (Wildman–Crippen MR) is 100 cm³/mol. The molecule has 0 saturated carbocycles. The molecule has 21 heavy (non-hydrogen) atoms. The van der Waals surface area contributed by atoms with E-state index in [1.807, 2.05) is 18.2 Å². The van der Waals surface area contributed by atoms with Crippen molar-refractivity contribution < 1.29 is 4.74 Å². The molecule has 4 nitrogen and oxygen atoms in total. The zero-order valence-electron chi connectivity index (χ0n) is 13.4. The van der Waals surface area contributed by atoms with Gasteiger partial charge in [-0.2, -0.15) is 0 Å². The maximum Gasteiger partial charge on any atom is 0.191 e. The number of halogens is 1. The topological polar surface area (TPSA) is 45.7 Å². The standard InChI is InChI=1S/C16H27N3O.HI/c1-13(2)20-12-8-11-18-16(17-4)19-14(3)15-9-6-5-7-10-15;/h5-7,9-10,13-14H,8,11-12H2,1-4H3,(H2,17,18,19);1H. The monoisotopic (exact) mass is 405 g/mol. The molecule has 0 aliphatic rings. The van der Waals surface area contributed by atoms with Gasteiger partial charge in [-0.15, -0.1) is 24.0 Å². The third-order valence-electron chi connectivity index (χ3n) is 2.94. The lowest BCUT2D eigenvalue weighted by Gasteiger charge is -2.18. The molecule has 1 rings (SSSR count). The number of nitrogens with one attached hydrogen (secondary N) is 2. The summed E-state index contributed by atoms with van der Waals surface area (Å²) in [5, 5.41) is 6.68. The Morgan fingerprint density at radius 1 is 1.19 bits per heavy atom. The molecule has 1 unspecified atom stereocenters. The largest absolute Gasteiger partial charge is 0.379 e. The number of benzene rings is 1. The van der Waals surface area contributed by atoms with Crippen molar-refractivity contribution in [2.24, 2.45) is 4.99 Å². The van der Waals surface area contributed by atoms with Crippen LogP contribution in [0.3, 0.4) is 0 Å². The van der Waals surface area contributed by atoms with E-state index < -0.39 is 0 Å². The molecule has 0 heterocycles. The van der Waals surface area contributed by atoms with Crippen LogP contribution < -0.4 is 10.6 Å². The maximum atomic E-state index is 5.51. The molecule has 0 spiro atoms. The van der Waals surface area contributed by atoms with Gasteiger partial charge >= 0.3 is 0 Å². The fourth-order valence-electron chi connectivity index (χ4n) is 1.82. The Morgan fingerprint density at radius 3 is 2.43 bits per heavy atom. The van der Waals surface area contributed by atoms with E-state index in [-0.39, 0.29) is 30.0 Å². The molecule has 0 aliphatic carbocycles. The summed E-state index contributed by atoms with van der Waals surface area (Å²) in [6.45, 7) is 7.86. The molecule has 0 aliphatic heterocycles. The Balaban J connectivity index is 0.00000400. The first kappa shape index (κ1) is 20.2. The molecular formula is C16H28IN3O. The second-order valence-electron chi connectivity index (χ2n) is 5.05. The van der Waals surface area contributed by atoms with Crippen molar-refractivity contribution in [3.63, 3.8) is 0 Å². The van der Waals surface area contributed by atoms with E-state index >= 15 is 0 Å². The van der Waals surface area contributed by atoms with Crippen LogP contribution >= 0.6 is 24.0 Å². The Morgan fingerprint density at radius 2 is 1.86 bits per heavy atom. The van der Waals surface area contributed by atoms with Crippen molar-refractivity contribution in [2.45, 2.75) is 39.3 Å². The number of hydrogen-bond acceptors (Lipinski definition) is 2. The molecule has 0 radical (unpaired) electrons. The molecule has 0 fully saturated rings. The fourth-order valence-corrected chi connectivity index (χ4v) is 1.82. The van der Waals surface area contributed by atoms with E-state index in [4.69, 9.17) is 4.74 Å². The minimum Gasteiger partial charge on any atom is -0.379 e. The predicted octanol–water partition coefficient (Wildman–Crippen LogP) is 3.35. The van der Waals surface area contributed by atoms with Gasteiger partial charge in [0.15, 0.2) is 5.96 Å². The first-order valence-corrected chi connectivity index (χ1v) is 7.27. The number of hydrogen-bond donors (Lipinski definition) is 2. The van der Waals surface area contributed by atoms with E-state index in [1.165, 1.54) is 5.56 Å². The summed E-state index contributed by atoms with van der Waals surface area (Å²) in [4.78, 5) is 4.24. The summed E-state index contributed by atoms with van der Waals surface area (Å²) in [5.41, 5.74) is 1.25. The Hall–Kier alpha value is -0.820. The van der Waals surface area contributed by atoms with Gasteiger partial charge in [-0.05, 0) is 32.8 Å². The summed E-state index contributed by atoms with van der Waals surface area (Å²) in [5.74, 6) is 0.825. The molecular weight excluding hydrogens is 377 g/mol. The third kappa shape index (κ3) is 8.93. The average Bonchev–Trinajstić information content (AvgIpc) is 2.46. The number of guanidine groups is 1. The lowest BCUT2D eigenvalue weighted by atomic mass is 10.1. The minimum absolute atomic E-state index is 0. The molecule has 1 atom stereocenters.